The molecule has 3 aromatic rings. The third kappa shape index (κ3) is 6.21. The first kappa shape index (κ1) is 23.1. The van der Waals surface area contributed by atoms with Crippen LogP contribution in [0.5, 0.6) is 0 Å². The third-order valence-corrected chi connectivity index (χ3v) is 5.40. The maximum Gasteiger partial charge on any atom is 0.326 e. The van der Waals surface area contributed by atoms with Gasteiger partial charge in [-0.05, 0) is 47.8 Å². The second-order valence-electron chi connectivity index (χ2n) is 7.07. The third-order valence-electron chi connectivity index (χ3n) is 4.75. The van der Waals surface area contributed by atoms with Gasteiger partial charge in [0.2, 0.25) is 5.91 Å². The lowest BCUT2D eigenvalue weighted by atomic mass is 9.98. The number of carboxylic acid groups (broad SMARTS) is 1. The normalized spacial score (nSPS) is 11.5. The van der Waals surface area contributed by atoms with Crippen LogP contribution in [0.1, 0.15) is 22.5 Å². The number of aliphatic carboxylic acids is 1. The Morgan fingerprint density at radius 3 is 2.59 bits per heavy atom. The first-order valence-electron chi connectivity index (χ1n) is 9.97. The number of thioether (sulfide) groups is 1. The molecule has 9 heteroatoms. The Morgan fingerprint density at radius 2 is 1.94 bits per heavy atom. The van der Waals surface area contributed by atoms with Crippen LogP contribution in [0.2, 0.25) is 0 Å². The lowest BCUT2D eigenvalue weighted by Gasteiger charge is -2.17. The topological polar surface area (TPSA) is 124 Å². The van der Waals surface area contributed by atoms with Crippen LogP contribution in [0.15, 0.2) is 61.1 Å². The average Bonchev–Trinajstić information content (AvgIpc) is 3.29. The monoisotopic (exact) mass is 452 g/mol. The minimum atomic E-state index is -1.07. The number of aromatic nitrogens is 2. The van der Waals surface area contributed by atoms with Gasteiger partial charge in [0, 0.05) is 23.1 Å². The summed E-state index contributed by atoms with van der Waals surface area (Å²) in [6, 6.07) is 13.2. The van der Waals surface area contributed by atoms with Gasteiger partial charge < -0.3 is 20.7 Å². The number of anilines is 1. The van der Waals surface area contributed by atoms with Crippen LogP contribution in [0.3, 0.4) is 0 Å². The molecule has 32 heavy (non-hydrogen) atoms. The van der Waals surface area contributed by atoms with E-state index in [-0.39, 0.29) is 12.3 Å². The smallest absolute Gasteiger partial charge is 0.326 e. The first-order valence-corrected chi connectivity index (χ1v) is 11.4. The molecule has 0 aliphatic heterocycles. The highest BCUT2D eigenvalue weighted by molar-refractivity contribution is 7.98. The number of nitrogens with zero attached hydrogens (tertiary/aromatic N) is 1. The molecule has 0 spiro atoms. The van der Waals surface area contributed by atoms with E-state index in [0.29, 0.717) is 34.7 Å². The largest absolute Gasteiger partial charge is 0.480 e. The van der Waals surface area contributed by atoms with Crippen molar-refractivity contribution in [2.24, 2.45) is 0 Å². The number of rotatable bonds is 10. The number of hydrogen-bond acceptors (Lipinski definition) is 5. The van der Waals surface area contributed by atoms with E-state index in [4.69, 9.17) is 0 Å². The molecular weight excluding hydrogens is 428 g/mol. The number of carboxylic acids is 1. The summed E-state index contributed by atoms with van der Waals surface area (Å²) in [6.07, 6.45) is 5.43. The molecule has 0 fully saturated rings. The van der Waals surface area contributed by atoms with E-state index in [1.807, 2.05) is 36.6 Å². The second-order valence-corrected chi connectivity index (χ2v) is 8.06. The molecule has 3 rings (SSSR count). The predicted octanol–water partition coefficient (Wildman–Crippen LogP) is 3.19. The van der Waals surface area contributed by atoms with Crippen LogP contribution in [-0.4, -0.2) is 50.9 Å². The maximum absolute atomic E-state index is 13.0. The number of carbonyl (C=O) groups excluding carboxylic acids is 2. The summed E-state index contributed by atoms with van der Waals surface area (Å²) in [5, 5.41) is 14.9. The quantitative estimate of drug-likeness (QED) is 0.375. The second kappa shape index (κ2) is 11.1. The van der Waals surface area contributed by atoms with E-state index in [1.54, 1.807) is 24.4 Å². The number of carbonyl (C=O) groups is 3. The molecule has 0 saturated heterocycles. The fourth-order valence-electron chi connectivity index (χ4n) is 3.17. The molecular formula is C23H24N4O4S. The van der Waals surface area contributed by atoms with Crippen LogP contribution >= 0.6 is 11.8 Å². The van der Waals surface area contributed by atoms with Gasteiger partial charge in [-0.2, -0.15) is 11.8 Å². The molecule has 2 aromatic carbocycles. The minimum absolute atomic E-state index is 0.138. The van der Waals surface area contributed by atoms with Gasteiger partial charge in [0.25, 0.3) is 5.91 Å². The molecule has 0 bridgehead atoms. The Labute approximate surface area is 189 Å². The van der Waals surface area contributed by atoms with Crippen molar-refractivity contribution in [1.82, 2.24) is 15.3 Å². The molecule has 8 nitrogen and oxygen atoms in total. The molecule has 2 amide bonds. The number of amides is 2. The molecule has 1 atom stereocenters. The fourth-order valence-corrected chi connectivity index (χ4v) is 3.64. The van der Waals surface area contributed by atoms with Gasteiger partial charge in [-0.1, -0.05) is 30.3 Å². The fraction of sp³-hybridized carbons (Fsp3) is 0.217. The summed E-state index contributed by atoms with van der Waals surface area (Å²) in [7, 11) is 0. The van der Waals surface area contributed by atoms with E-state index in [2.05, 4.69) is 20.6 Å². The standard InChI is InChI=1S/C23H24N4O4S/c1-32-10-9-20(23(30)31)27-22(29)18-8-7-16(11-19(18)15-5-3-2-4-6-15)26-21(28)12-17-13-24-14-25-17/h2-8,11,13-14,20H,9-10,12H2,1H3,(H,24,25)(H,26,28)(H,27,29)(H,30,31). The van der Waals surface area contributed by atoms with Crippen molar-refractivity contribution in [3.8, 4) is 11.1 Å². The lowest BCUT2D eigenvalue weighted by Crippen LogP contribution is -2.41. The van der Waals surface area contributed by atoms with Crippen LogP contribution in [0.4, 0.5) is 5.69 Å². The SMILES string of the molecule is CSCCC(NC(=O)c1ccc(NC(=O)Cc2cnc[nH]2)cc1-c1ccccc1)C(=O)O. The molecule has 1 heterocycles. The highest BCUT2D eigenvalue weighted by atomic mass is 32.2. The van der Waals surface area contributed by atoms with Gasteiger partial charge in [0.15, 0.2) is 0 Å². The Morgan fingerprint density at radius 1 is 1.16 bits per heavy atom. The van der Waals surface area contributed by atoms with E-state index in [0.717, 1.165) is 5.56 Å². The van der Waals surface area contributed by atoms with Crippen molar-refractivity contribution >= 4 is 35.2 Å². The maximum atomic E-state index is 13.0. The average molecular weight is 453 g/mol. The number of aromatic amines is 1. The van der Waals surface area contributed by atoms with Crippen LogP contribution < -0.4 is 10.6 Å². The van der Waals surface area contributed by atoms with Gasteiger partial charge in [-0.25, -0.2) is 9.78 Å². The molecule has 1 aromatic heterocycles. The Kier molecular flexibility index (Phi) is 8.04. The van der Waals surface area contributed by atoms with Crippen molar-refractivity contribution in [1.29, 1.82) is 0 Å². The highest BCUT2D eigenvalue weighted by Gasteiger charge is 2.22. The van der Waals surface area contributed by atoms with Gasteiger partial charge in [-0.15, -0.1) is 0 Å². The summed E-state index contributed by atoms with van der Waals surface area (Å²) in [5.74, 6) is -1.16. The van der Waals surface area contributed by atoms with E-state index >= 15 is 0 Å². The zero-order valence-electron chi connectivity index (χ0n) is 17.5. The number of nitrogens with one attached hydrogen (secondary N) is 3. The zero-order valence-corrected chi connectivity index (χ0v) is 18.3. The summed E-state index contributed by atoms with van der Waals surface area (Å²) in [5.41, 5.74) is 2.92. The van der Waals surface area contributed by atoms with Gasteiger partial charge >= 0.3 is 5.97 Å². The van der Waals surface area contributed by atoms with Crippen LogP contribution in [0.25, 0.3) is 11.1 Å². The van der Waals surface area contributed by atoms with Crippen molar-refractivity contribution in [3.63, 3.8) is 0 Å². The van der Waals surface area contributed by atoms with Crippen molar-refractivity contribution in [2.45, 2.75) is 18.9 Å². The van der Waals surface area contributed by atoms with Crippen LogP contribution in [0, 0.1) is 0 Å². The molecule has 0 saturated carbocycles. The number of hydrogen-bond donors (Lipinski definition) is 4. The van der Waals surface area contributed by atoms with Gasteiger partial charge in [0.1, 0.15) is 6.04 Å². The van der Waals surface area contributed by atoms with Gasteiger partial charge in [-0.3, -0.25) is 9.59 Å². The van der Waals surface area contributed by atoms with Crippen molar-refractivity contribution in [2.75, 3.05) is 17.3 Å². The van der Waals surface area contributed by atoms with Gasteiger partial charge in [0.05, 0.1) is 12.7 Å². The molecule has 1 unspecified atom stereocenters. The summed E-state index contributed by atoms with van der Waals surface area (Å²) >= 11 is 1.52. The number of imidazole rings is 1. The summed E-state index contributed by atoms with van der Waals surface area (Å²) in [4.78, 5) is 43.7. The Hall–Kier alpha value is -3.59. The molecule has 4 N–H and O–H groups in total. The minimum Gasteiger partial charge on any atom is -0.480 e. The zero-order chi connectivity index (χ0) is 22.9. The lowest BCUT2D eigenvalue weighted by molar-refractivity contribution is -0.139. The van der Waals surface area contributed by atoms with E-state index in [1.165, 1.54) is 18.1 Å². The Balaban J connectivity index is 1.86. The predicted molar refractivity (Wildman–Crippen MR) is 125 cm³/mol. The summed E-state index contributed by atoms with van der Waals surface area (Å²) in [6.45, 7) is 0. The number of H-pyrrole nitrogens is 1. The van der Waals surface area contributed by atoms with E-state index < -0.39 is 17.9 Å². The first-order chi connectivity index (χ1) is 15.5. The molecule has 0 aliphatic rings. The van der Waals surface area contributed by atoms with E-state index in [9.17, 15) is 19.5 Å². The highest BCUT2D eigenvalue weighted by Crippen LogP contribution is 2.27. The summed E-state index contributed by atoms with van der Waals surface area (Å²) < 4.78 is 0. The molecule has 166 valence electrons. The van der Waals surface area contributed by atoms with Crippen LogP contribution in [-0.2, 0) is 16.0 Å². The number of benzene rings is 2. The Bertz CT molecular complexity index is 1070. The van der Waals surface area contributed by atoms with Crippen molar-refractivity contribution in [3.05, 3.63) is 72.3 Å². The molecule has 0 radical (unpaired) electrons. The van der Waals surface area contributed by atoms with Crippen molar-refractivity contribution < 1.29 is 19.5 Å². The molecule has 0 aliphatic carbocycles.